The van der Waals surface area contributed by atoms with Crippen LogP contribution in [0.2, 0.25) is 0 Å². The van der Waals surface area contributed by atoms with Crippen LogP contribution in [0.15, 0.2) is 12.1 Å². The van der Waals surface area contributed by atoms with Crippen LogP contribution in [0.1, 0.15) is 35.8 Å². The molecule has 2 rings (SSSR count). The number of anilines is 1. The maximum Gasteiger partial charge on any atom is 0.251 e. The summed E-state index contributed by atoms with van der Waals surface area (Å²) in [6.45, 7) is 4.01. The molecule has 2 heterocycles. The number of hydrogen-bond donors (Lipinski definition) is 3. The lowest BCUT2D eigenvalue weighted by molar-refractivity contribution is 0.0938. The summed E-state index contributed by atoms with van der Waals surface area (Å²) in [4.78, 5) is 18.9. The number of aryl methyl sites for hydroxylation is 1. The number of nitrogen functional groups attached to an aromatic ring is 1. The molecule has 4 N–H and O–H groups in total. The first-order chi connectivity index (χ1) is 9.62. The average molecular weight is 277 g/mol. The number of hydrogen-bond acceptors (Lipinski definition) is 5. The number of likely N-dealkylation sites (tertiary alicyclic amines) is 1. The summed E-state index contributed by atoms with van der Waals surface area (Å²) in [6, 6.07) is 3.76. The minimum atomic E-state index is -0.0541. The number of hydrazine groups is 1. The van der Waals surface area contributed by atoms with Crippen molar-refractivity contribution in [2.24, 2.45) is 5.84 Å². The van der Waals surface area contributed by atoms with E-state index in [1.807, 2.05) is 6.07 Å². The molecular formula is C14H23N5O. The summed E-state index contributed by atoms with van der Waals surface area (Å²) in [5, 5.41) is 3.07. The molecule has 1 amide bonds. The quantitative estimate of drug-likeness (QED) is 0.546. The van der Waals surface area contributed by atoms with Gasteiger partial charge < -0.3 is 15.6 Å². The molecule has 1 aromatic heterocycles. The van der Waals surface area contributed by atoms with Crippen molar-refractivity contribution in [3.63, 3.8) is 0 Å². The molecule has 6 nitrogen and oxygen atoms in total. The molecule has 0 radical (unpaired) electrons. The Morgan fingerprint density at radius 3 is 2.95 bits per heavy atom. The first-order valence-corrected chi connectivity index (χ1v) is 7.09. The van der Waals surface area contributed by atoms with Gasteiger partial charge in [-0.1, -0.05) is 13.3 Å². The van der Waals surface area contributed by atoms with E-state index in [0.29, 0.717) is 11.4 Å². The Hall–Kier alpha value is -1.66. The molecular weight excluding hydrogens is 254 g/mol. The molecule has 1 atom stereocenters. The maximum absolute atomic E-state index is 12.3. The molecule has 0 bridgehead atoms. The first kappa shape index (κ1) is 14.7. The van der Waals surface area contributed by atoms with Crippen molar-refractivity contribution in [3.05, 3.63) is 23.4 Å². The highest BCUT2D eigenvalue weighted by Gasteiger charge is 2.22. The van der Waals surface area contributed by atoms with Crippen LogP contribution in [-0.2, 0) is 6.42 Å². The Bertz CT molecular complexity index is 477. The number of pyridine rings is 1. The second-order valence-electron chi connectivity index (χ2n) is 5.35. The van der Waals surface area contributed by atoms with Crippen LogP contribution in [-0.4, -0.2) is 42.0 Å². The second-order valence-corrected chi connectivity index (χ2v) is 5.35. The van der Waals surface area contributed by atoms with E-state index in [1.165, 1.54) is 0 Å². The van der Waals surface area contributed by atoms with Crippen molar-refractivity contribution in [2.45, 2.75) is 32.2 Å². The number of amides is 1. The number of carbonyl (C=O) groups excluding carboxylic acids is 1. The molecule has 110 valence electrons. The molecule has 0 aromatic carbocycles. The number of nitrogens with one attached hydrogen (secondary N) is 2. The smallest absolute Gasteiger partial charge is 0.251 e. The number of nitrogens with zero attached hydrogens (tertiary/aromatic N) is 2. The second kappa shape index (κ2) is 6.67. The molecule has 6 heteroatoms. The zero-order valence-corrected chi connectivity index (χ0v) is 12.1. The van der Waals surface area contributed by atoms with Crippen LogP contribution in [0.4, 0.5) is 5.82 Å². The Labute approximate surface area is 119 Å². The summed E-state index contributed by atoms with van der Waals surface area (Å²) in [5.41, 5.74) is 4.02. The van der Waals surface area contributed by atoms with Crippen molar-refractivity contribution >= 4 is 11.7 Å². The Morgan fingerprint density at radius 1 is 1.55 bits per heavy atom. The summed E-state index contributed by atoms with van der Waals surface area (Å²) in [7, 11) is 2.06. The van der Waals surface area contributed by atoms with E-state index in [-0.39, 0.29) is 11.9 Å². The van der Waals surface area contributed by atoms with E-state index in [2.05, 4.69) is 34.6 Å². The van der Waals surface area contributed by atoms with Crippen LogP contribution < -0.4 is 16.6 Å². The van der Waals surface area contributed by atoms with Crippen molar-refractivity contribution in [3.8, 4) is 0 Å². The highest BCUT2D eigenvalue weighted by Crippen LogP contribution is 2.13. The van der Waals surface area contributed by atoms with Crippen LogP contribution in [0.25, 0.3) is 0 Å². The van der Waals surface area contributed by atoms with Gasteiger partial charge in [-0.3, -0.25) is 4.79 Å². The number of likely N-dealkylation sites (N-methyl/N-ethyl adjacent to an activating group) is 1. The predicted molar refractivity (Wildman–Crippen MR) is 79.4 cm³/mol. The third-order valence-corrected chi connectivity index (χ3v) is 3.52. The van der Waals surface area contributed by atoms with E-state index in [1.54, 1.807) is 6.07 Å². The third kappa shape index (κ3) is 3.68. The monoisotopic (exact) mass is 277 g/mol. The van der Waals surface area contributed by atoms with E-state index in [9.17, 15) is 4.79 Å². The van der Waals surface area contributed by atoms with Crippen molar-refractivity contribution in [1.29, 1.82) is 0 Å². The minimum absolute atomic E-state index is 0.0541. The fraction of sp³-hybridized carbons (Fsp3) is 0.571. The van der Waals surface area contributed by atoms with Crippen molar-refractivity contribution in [1.82, 2.24) is 15.2 Å². The molecule has 1 aromatic rings. The molecule has 1 aliphatic rings. The van der Waals surface area contributed by atoms with E-state index in [0.717, 1.165) is 38.0 Å². The Morgan fingerprint density at radius 2 is 2.35 bits per heavy atom. The molecule has 1 fully saturated rings. The van der Waals surface area contributed by atoms with Gasteiger partial charge in [0.05, 0.1) is 0 Å². The maximum atomic E-state index is 12.3. The predicted octanol–water partition coefficient (Wildman–Crippen LogP) is 0.754. The topological polar surface area (TPSA) is 83.3 Å². The largest absolute Gasteiger partial charge is 0.348 e. The SMILES string of the molecule is CCCc1cc(C(=O)NC2CCN(C)C2)cc(NN)n1. The molecule has 20 heavy (non-hydrogen) atoms. The van der Waals surface area contributed by atoms with E-state index < -0.39 is 0 Å². The lowest BCUT2D eigenvalue weighted by atomic mass is 10.1. The van der Waals surface area contributed by atoms with Crippen molar-refractivity contribution < 1.29 is 4.79 Å². The van der Waals surface area contributed by atoms with Gasteiger partial charge >= 0.3 is 0 Å². The fourth-order valence-corrected chi connectivity index (χ4v) is 2.50. The van der Waals surface area contributed by atoms with Crippen LogP contribution >= 0.6 is 0 Å². The van der Waals surface area contributed by atoms with Crippen LogP contribution in [0.5, 0.6) is 0 Å². The summed E-state index contributed by atoms with van der Waals surface area (Å²) in [5.74, 6) is 5.89. The highest BCUT2D eigenvalue weighted by molar-refractivity contribution is 5.95. The normalized spacial score (nSPS) is 19.1. The number of carbonyl (C=O) groups is 1. The van der Waals surface area contributed by atoms with Crippen LogP contribution in [0, 0.1) is 0 Å². The summed E-state index contributed by atoms with van der Waals surface area (Å²) in [6.07, 6.45) is 2.81. The minimum Gasteiger partial charge on any atom is -0.348 e. The van der Waals surface area contributed by atoms with Gasteiger partial charge in [-0.25, -0.2) is 10.8 Å². The van der Waals surface area contributed by atoms with Gasteiger partial charge in [-0.2, -0.15) is 0 Å². The highest BCUT2D eigenvalue weighted by atomic mass is 16.1. The zero-order chi connectivity index (χ0) is 14.5. The molecule has 0 spiro atoms. The molecule has 1 unspecified atom stereocenters. The van der Waals surface area contributed by atoms with E-state index >= 15 is 0 Å². The van der Waals surface area contributed by atoms with Gasteiger partial charge in [-0.15, -0.1) is 0 Å². The molecule has 0 aliphatic carbocycles. The lowest BCUT2D eigenvalue weighted by Crippen LogP contribution is -2.36. The Kier molecular flexibility index (Phi) is 4.92. The lowest BCUT2D eigenvalue weighted by Gasteiger charge is -2.14. The van der Waals surface area contributed by atoms with Gasteiger partial charge in [0.25, 0.3) is 5.91 Å². The van der Waals surface area contributed by atoms with Crippen molar-refractivity contribution in [2.75, 3.05) is 25.6 Å². The number of nitrogens with two attached hydrogens (primary N) is 1. The molecule has 1 saturated heterocycles. The van der Waals surface area contributed by atoms with Gasteiger partial charge in [0, 0.05) is 23.8 Å². The average Bonchev–Trinajstić information content (AvgIpc) is 2.84. The summed E-state index contributed by atoms with van der Waals surface area (Å²) >= 11 is 0. The Balaban J connectivity index is 2.09. The fourth-order valence-electron chi connectivity index (χ4n) is 2.50. The number of aromatic nitrogens is 1. The van der Waals surface area contributed by atoms with Gasteiger partial charge in [0.1, 0.15) is 5.82 Å². The third-order valence-electron chi connectivity index (χ3n) is 3.52. The summed E-state index contributed by atoms with van der Waals surface area (Å²) < 4.78 is 0. The zero-order valence-electron chi connectivity index (χ0n) is 12.1. The first-order valence-electron chi connectivity index (χ1n) is 7.09. The number of rotatable bonds is 5. The van der Waals surface area contributed by atoms with E-state index in [4.69, 9.17) is 5.84 Å². The van der Waals surface area contributed by atoms with Gasteiger partial charge in [0.2, 0.25) is 0 Å². The van der Waals surface area contributed by atoms with Gasteiger partial charge in [-0.05, 0) is 38.6 Å². The molecule has 1 aliphatic heterocycles. The van der Waals surface area contributed by atoms with Gasteiger partial charge in [0.15, 0.2) is 0 Å². The standard InChI is InChI=1S/C14H23N5O/c1-3-4-11-7-10(8-13(16-11)18-15)14(20)17-12-5-6-19(2)9-12/h7-8,12H,3-6,9,15H2,1-2H3,(H,16,18)(H,17,20). The molecule has 0 saturated carbocycles. The van der Waals surface area contributed by atoms with Crippen LogP contribution in [0.3, 0.4) is 0 Å².